The molecule has 0 aliphatic carbocycles. The van der Waals surface area contributed by atoms with Gasteiger partial charge in [0, 0.05) is 17.8 Å². The number of fused-ring (bicyclic) bond motifs is 2. The van der Waals surface area contributed by atoms with Gasteiger partial charge in [0.15, 0.2) is 0 Å². The van der Waals surface area contributed by atoms with E-state index in [-0.39, 0.29) is 16.3 Å². The van der Waals surface area contributed by atoms with Gasteiger partial charge in [0.25, 0.3) is 0 Å². The van der Waals surface area contributed by atoms with Gasteiger partial charge < -0.3 is 20.1 Å². The highest BCUT2D eigenvalue weighted by Gasteiger charge is 2.58. The van der Waals surface area contributed by atoms with Crippen LogP contribution in [-0.2, 0) is 12.0 Å². The minimum atomic E-state index is -0.725. The second-order valence-electron chi connectivity index (χ2n) is 8.34. The van der Waals surface area contributed by atoms with Crippen LogP contribution in [0.4, 0.5) is 11.4 Å². The molecule has 0 saturated carbocycles. The Bertz CT molecular complexity index is 1120. The van der Waals surface area contributed by atoms with E-state index in [1.807, 2.05) is 24.3 Å². The van der Waals surface area contributed by atoms with Crippen LogP contribution in [0.5, 0.6) is 5.75 Å². The van der Waals surface area contributed by atoms with Crippen molar-refractivity contribution in [2.75, 3.05) is 10.1 Å². The first-order chi connectivity index (χ1) is 14.4. The minimum absolute atomic E-state index is 0.129. The molecule has 5 heteroatoms. The van der Waals surface area contributed by atoms with Crippen LogP contribution in [0.15, 0.2) is 78.9 Å². The number of hydrogen-bond acceptors (Lipinski definition) is 5. The van der Waals surface area contributed by atoms with E-state index >= 15 is 0 Å². The van der Waals surface area contributed by atoms with Crippen LogP contribution in [0.1, 0.15) is 30.5 Å². The lowest BCUT2D eigenvalue weighted by molar-refractivity contribution is 0.0521. The van der Waals surface area contributed by atoms with E-state index in [1.54, 1.807) is 18.2 Å². The van der Waals surface area contributed by atoms with Crippen LogP contribution in [-0.4, -0.2) is 10.9 Å². The average molecular weight is 399 g/mol. The third kappa shape index (κ3) is 2.63. The zero-order valence-electron chi connectivity index (χ0n) is 16.9. The molecular formula is C25H23N2O3-. The van der Waals surface area contributed by atoms with Crippen LogP contribution in [0, 0.1) is 5.21 Å². The normalized spacial score (nSPS) is 20.6. The number of para-hydroxylation sites is 1. The molecular weight excluding hydrogens is 376 g/mol. The molecule has 0 aromatic heterocycles. The van der Waals surface area contributed by atoms with Gasteiger partial charge in [-0.3, -0.25) is 5.21 Å². The van der Waals surface area contributed by atoms with Gasteiger partial charge in [0.1, 0.15) is 5.75 Å². The molecule has 5 nitrogen and oxygen atoms in total. The molecule has 0 fully saturated rings. The highest BCUT2D eigenvalue weighted by molar-refractivity contribution is 5.73. The predicted octanol–water partition coefficient (Wildman–Crippen LogP) is 5.48. The van der Waals surface area contributed by atoms with Crippen molar-refractivity contribution >= 4 is 17.5 Å². The first-order valence-electron chi connectivity index (χ1n) is 10.0. The van der Waals surface area contributed by atoms with Crippen molar-refractivity contribution in [1.82, 2.24) is 0 Å². The van der Waals surface area contributed by atoms with Crippen molar-refractivity contribution in [3.05, 3.63) is 101 Å². The zero-order chi connectivity index (χ0) is 20.9. The standard InChI is InChI=1S/C25H23N2O3/c1-24(2)21-10-6-7-11-22(21)26(17-18-8-4-3-5-9-18)25(24)15-14-19-16-20(27(28)29)12-13-23(19)30-25/h3-16,28H,17H2,1-2H3/q-1/t25-/m0/s1. The Labute approximate surface area is 176 Å². The Morgan fingerprint density at radius 1 is 1.00 bits per heavy atom. The summed E-state index contributed by atoms with van der Waals surface area (Å²) in [5.74, 6) is 0.682. The Kier molecular flexibility index (Phi) is 4.13. The predicted molar refractivity (Wildman–Crippen MR) is 119 cm³/mol. The highest BCUT2D eigenvalue weighted by atomic mass is 16.8. The molecule has 152 valence electrons. The molecule has 0 unspecified atom stereocenters. The van der Waals surface area contributed by atoms with E-state index in [4.69, 9.17) is 4.74 Å². The first kappa shape index (κ1) is 18.7. The largest absolute Gasteiger partial charge is 0.733 e. The van der Waals surface area contributed by atoms with Gasteiger partial charge in [0.2, 0.25) is 5.72 Å². The summed E-state index contributed by atoms with van der Waals surface area (Å²) < 4.78 is 6.73. The van der Waals surface area contributed by atoms with Gasteiger partial charge in [-0.15, -0.1) is 0 Å². The molecule has 0 amide bonds. The molecule has 5 rings (SSSR count). The maximum absolute atomic E-state index is 11.3. The van der Waals surface area contributed by atoms with Gasteiger partial charge in [-0.2, -0.15) is 0 Å². The maximum Gasteiger partial charge on any atom is 0.212 e. The molecule has 2 aliphatic heterocycles. The van der Waals surface area contributed by atoms with Crippen molar-refractivity contribution < 1.29 is 9.94 Å². The Hall–Kier alpha value is -3.28. The molecule has 3 aromatic carbocycles. The fourth-order valence-electron chi connectivity index (χ4n) is 4.68. The summed E-state index contributed by atoms with van der Waals surface area (Å²) in [4.78, 5) is 2.32. The first-order valence-corrected chi connectivity index (χ1v) is 10.0. The highest BCUT2D eigenvalue weighted by Crippen LogP contribution is 2.55. The van der Waals surface area contributed by atoms with E-state index < -0.39 is 5.72 Å². The summed E-state index contributed by atoms with van der Waals surface area (Å²) in [6.45, 7) is 5.10. The number of rotatable bonds is 3. The van der Waals surface area contributed by atoms with E-state index in [2.05, 4.69) is 61.2 Å². The van der Waals surface area contributed by atoms with Crippen LogP contribution in [0.25, 0.3) is 6.08 Å². The fourth-order valence-corrected chi connectivity index (χ4v) is 4.68. The quantitative estimate of drug-likeness (QED) is 0.591. The second-order valence-corrected chi connectivity index (χ2v) is 8.34. The smallest absolute Gasteiger partial charge is 0.212 e. The van der Waals surface area contributed by atoms with Gasteiger partial charge in [0.05, 0.1) is 11.1 Å². The van der Waals surface area contributed by atoms with Gasteiger partial charge in [-0.05, 0) is 61.4 Å². The zero-order valence-corrected chi connectivity index (χ0v) is 16.9. The summed E-state index contributed by atoms with van der Waals surface area (Å²) >= 11 is 0. The molecule has 0 bridgehead atoms. The molecule has 30 heavy (non-hydrogen) atoms. The van der Waals surface area contributed by atoms with E-state index in [9.17, 15) is 10.4 Å². The van der Waals surface area contributed by atoms with E-state index in [1.165, 1.54) is 11.1 Å². The summed E-state index contributed by atoms with van der Waals surface area (Å²) in [6.07, 6.45) is 4.06. The lowest BCUT2D eigenvalue weighted by Gasteiger charge is -2.47. The maximum atomic E-state index is 11.3. The second kappa shape index (κ2) is 6.62. The van der Waals surface area contributed by atoms with Crippen LogP contribution >= 0.6 is 0 Å². The van der Waals surface area contributed by atoms with Crippen molar-refractivity contribution in [2.24, 2.45) is 0 Å². The number of anilines is 2. The third-order valence-electron chi connectivity index (χ3n) is 6.32. The van der Waals surface area contributed by atoms with E-state index in [0.29, 0.717) is 12.3 Å². The average Bonchev–Trinajstić information content (AvgIpc) is 2.93. The summed E-state index contributed by atoms with van der Waals surface area (Å²) in [5.41, 5.74) is 3.46. The summed E-state index contributed by atoms with van der Waals surface area (Å²) in [7, 11) is 0. The van der Waals surface area contributed by atoms with Gasteiger partial charge in [-0.25, -0.2) is 0 Å². The number of hydrogen-bond donors (Lipinski definition) is 1. The molecule has 0 radical (unpaired) electrons. The summed E-state index contributed by atoms with van der Waals surface area (Å²) in [6, 6.07) is 23.7. The van der Waals surface area contributed by atoms with Gasteiger partial charge >= 0.3 is 0 Å². The van der Waals surface area contributed by atoms with Crippen molar-refractivity contribution in [3.8, 4) is 5.75 Å². The lowest BCUT2D eigenvalue weighted by Crippen LogP contribution is -2.59. The van der Waals surface area contributed by atoms with Crippen LogP contribution < -0.4 is 14.9 Å². The Morgan fingerprint density at radius 2 is 1.73 bits per heavy atom. The van der Waals surface area contributed by atoms with Crippen LogP contribution in [0.3, 0.4) is 0 Å². The number of ether oxygens (including phenoxy) is 1. The van der Waals surface area contributed by atoms with Gasteiger partial charge in [-0.1, -0.05) is 48.5 Å². The molecule has 1 N–H and O–H groups in total. The van der Waals surface area contributed by atoms with Crippen LogP contribution in [0.2, 0.25) is 0 Å². The number of benzene rings is 3. The Morgan fingerprint density at radius 3 is 2.50 bits per heavy atom. The SMILES string of the molecule is CC1(C)c2ccccc2N(Cc2ccccc2)[C@]12C=Cc1cc(N([O-])O)ccc1O2. The van der Waals surface area contributed by atoms with Crippen molar-refractivity contribution in [1.29, 1.82) is 0 Å². The molecule has 2 heterocycles. The summed E-state index contributed by atoms with van der Waals surface area (Å²) in [5, 5.41) is 20.4. The molecule has 1 atom stereocenters. The van der Waals surface area contributed by atoms with Crippen molar-refractivity contribution in [2.45, 2.75) is 31.5 Å². The van der Waals surface area contributed by atoms with Crippen molar-refractivity contribution in [3.63, 3.8) is 0 Å². The van der Waals surface area contributed by atoms with E-state index in [0.717, 1.165) is 11.3 Å². The third-order valence-corrected chi connectivity index (χ3v) is 6.32. The topological polar surface area (TPSA) is 59.0 Å². The molecule has 0 saturated heterocycles. The number of nitrogens with zero attached hydrogens (tertiary/aromatic N) is 2. The Balaban J connectivity index is 1.64. The molecule has 2 aliphatic rings. The minimum Gasteiger partial charge on any atom is -0.733 e. The molecule has 3 aromatic rings. The molecule has 1 spiro atoms. The lowest BCUT2D eigenvalue weighted by atomic mass is 9.76. The monoisotopic (exact) mass is 399 g/mol. The fraction of sp³-hybridized carbons (Fsp3) is 0.200.